The van der Waals surface area contributed by atoms with Crippen LogP contribution < -0.4 is 10.6 Å². The fourth-order valence-corrected chi connectivity index (χ4v) is 3.40. The summed E-state index contributed by atoms with van der Waals surface area (Å²) >= 11 is 1.39. The van der Waals surface area contributed by atoms with E-state index in [1.165, 1.54) is 30.6 Å². The Morgan fingerprint density at radius 3 is 2.67 bits per heavy atom. The van der Waals surface area contributed by atoms with E-state index in [9.17, 15) is 9.59 Å². The van der Waals surface area contributed by atoms with Gasteiger partial charge in [0.05, 0.1) is 12.1 Å². The maximum Gasteiger partial charge on any atom is 0.229 e. The van der Waals surface area contributed by atoms with Gasteiger partial charge >= 0.3 is 0 Å². The molecule has 0 atom stereocenters. The topological polar surface area (TPSA) is 71.1 Å². The number of thiazole rings is 1. The van der Waals surface area contributed by atoms with E-state index in [1.54, 1.807) is 0 Å². The van der Waals surface area contributed by atoms with Crippen molar-refractivity contribution in [2.75, 3.05) is 5.32 Å². The summed E-state index contributed by atoms with van der Waals surface area (Å²) in [5.74, 6) is 0.266. The molecule has 3 rings (SSSR count). The lowest BCUT2D eigenvalue weighted by molar-refractivity contribution is -0.121. The molecule has 0 unspecified atom stereocenters. The Balaban J connectivity index is 1.46. The Morgan fingerprint density at radius 2 is 1.95 bits per heavy atom. The van der Waals surface area contributed by atoms with Gasteiger partial charge in [-0.2, -0.15) is 0 Å². The Hall–Kier alpha value is -1.43. The van der Waals surface area contributed by atoms with Crippen molar-refractivity contribution in [1.82, 2.24) is 10.3 Å². The second-order valence-electron chi connectivity index (χ2n) is 5.99. The molecule has 5 nitrogen and oxygen atoms in total. The highest BCUT2D eigenvalue weighted by atomic mass is 32.1. The van der Waals surface area contributed by atoms with Gasteiger partial charge in [0, 0.05) is 17.3 Å². The van der Waals surface area contributed by atoms with Crippen molar-refractivity contribution >= 4 is 28.3 Å². The van der Waals surface area contributed by atoms with Crippen LogP contribution in [0.4, 0.5) is 5.13 Å². The molecule has 0 spiro atoms. The number of hydrogen-bond acceptors (Lipinski definition) is 4. The summed E-state index contributed by atoms with van der Waals surface area (Å²) < 4.78 is 0. The minimum Gasteiger partial charge on any atom is -0.353 e. The molecule has 0 aromatic carbocycles. The number of carbonyl (C=O) groups excluding carboxylic acids is 2. The number of nitrogens with zero attached hydrogens (tertiary/aromatic N) is 1. The molecule has 6 heteroatoms. The molecule has 2 fully saturated rings. The quantitative estimate of drug-likeness (QED) is 0.878. The zero-order valence-corrected chi connectivity index (χ0v) is 12.9. The summed E-state index contributed by atoms with van der Waals surface area (Å²) in [6, 6.07) is 0.332. The molecule has 1 heterocycles. The van der Waals surface area contributed by atoms with Gasteiger partial charge in [0.1, 0.15) is 0 Å². The molecule has 2 amide bonds. The van der Waals surface area contributed by atoms with Gasteiger partial charge in [-0.25, -0.2) is 4.98 Å². The zero-order valence-electron chi connectivity index (χ0n) is 12.1. The zero-order chi connectivity index (χ0) is 14.7. The maximum absolute atomic E-state index is 12.0. The van der Waals surface area contributed by atoms with Crippen LogP contribution >= 0.6 is 11.3 Å². The minimum atomic E-state index is 0.0345. The van der Waals surface area contributed by atoms with Crippen LogP contribution in [-0.4, -0.2) is 22.8 Å². The van der Waals surface area contributed by atoms with Gasteiger partial charge in [-0.15, -0.1) is 11.3 Å². The van der Waals surface area contributed by atoms with Crippen molar-refractivity contribution < 1.29 is 9.59 Å². The van der Waals surface area contributed by atoms with Crippen LogP contribution in [0.2, 0.25) is 0 Å². The van der Waals surface area contributed by atoms with Gasteiger partial charge in [0.2, 0.25) is 11.8 Å². The highest BCUT2D eigenvalue weighted by Crippen LogP contribution is 2.30. The van der Waals surface area contributed by atoms with E-state index in [2.05, 4.69) is 15.6 Å². The van der Waals surface area contributed by atoms with E-state index >= 15 is 0 Å². The first-order valence-electron chi connectivity index (χ1n) is 7.75. The number of carbonyl (C=O) groups is 2. The number of aromatic nitrogens is 1. The van der Waals surface area contributed by atoms with Gasteiger partial charge in [-0.3, -0.25) is 9.59 Å². The van der Waals surface area contributed by atoms with Crippen LogP contribution in [0.15, 0.2) is 5.38 Å². The third kappa shape index (κ3) is 4.27. The summed E-state index contributed by atoms with van der Waals surface area (Å²) in [6.07, 6.45) is 8.13. The summed E-state index contributed by atoms with van der Waals surface area (Å²) in [4.78, 5) is 28.0. The van der Waals surface area contributed by atoms with E-state index in [1.807, 2.05) is 5.38 Å². The van der Waals surface area contributed by atoms with E-state index in [-0.39, 0.29) is 17.7 Å². The van der Waals surface area contributed by atoms with Gasteiger partial charge in [0.25, 0.3) is 0 Å². The summed E-state index contributed by atoms with van der Waals surface area (Å²) in [5.41, 5.74) is 0.736. The second kappa shape index (κ2) is 6.56. The molecule has 1 aromatic heterocycles. The molecular formula is C15H21N3O2S. The first-order chi connectivity index (χ1) is 10.2. The van der Waals surface area contributed by atoms with E-state index in [0.29, 0.717) is 17.6 Å². The summed E-state index contributed by atoms with van der Waals surface area (Å²) in [5, 5.41) is 8.35. The molecule has 2 aliphatic rings. The predicted molar refractivity (Wildman–Crippen MR) is 82.2 cm³/mol. The lowest BCUT2D eigenvalue weighted by Crippen LogP contribution is -2.37. The Labute approximate surface area is 128 Å². The highest BCUT2D eigenvalue weighted by Gasteiger charge is 2.30. The Bertz CT molecular complexity index is 519. The normalized spacial score (nSPS) is 19.2. The summed E-state index contributed by atoms with van der Waals surface area (Å²) in [6.45, 7) is 0. The second-order valence-corrected chi connectivity index (χ2v) is 6.84. The molecule has 2 aliphatic carbocycles. The lowest BCUT2D eigenvalue weighted by Gasteiger charge is -2.22. The van der Waals surface area contributed by atoms with Gasteiger partial charge in [-0.05, 0) is 25.7 Å². The molecule has 0 aliphatic heterocycles. The fourth-order valence-electron chi connectivity index (χ4n) is 2.69. The van der Waals surface area contributed by atoms with Crippen molar-refractivity contribution in [1.29, 1.82) is 0 Å². The van der Waals surface area contributed by atoms with E-state index in [4.69, 9.17) is 0 Å². The van der Waals surface area contributed by atoms with Crippen LogP contribution in [0, 0.1) is 5.92 Å². The number of hydrogen-bond donors (Lipinski definition) is 2. The van der Waals surface area contributed by atoms with Crippen LogP contribution in [0.1, 0.15) is 50.6 Å². The smallest absolute Gasteiger partial charge is 0.229 e. The van der Waals surface area contributed by atoms with Gasteiger partial charge < -0.3 is 10.6 Å². The third-order valence-electron chi connectivity index (χ3n) is 4.04. The molecule has 114 valence electrons. The van der Waals surface area contributed by atoms with E-state index in [0.717, 1.165) is 31.4 Å². The fraction of sp³-hybridized carbons (Fsp3) is 0.667. The molecule has 2 saturated carbocycles. The molecule has 0 bridgehead atoms. The average Bonchev–Trinajstić information content (AvgIpc) is 3.23. The van der Waals surface area contributed by atoms with E-state index < -0.39 is 0 Å². The predicted octanol–water partition coefficient (Wildman–Crippen LogP) is 2.48. The third-order valence-corrected chi connectivity index (χ3v) is 4.85. The number of anilines is 1. The molecule has 0 saturated heterocycles. The van der Waals surface area contributed by atoms with Crippen LogP contribution in [-0.2, 0) is 16.0 Å². The van der Waals surface area contributed by atoms with Gasteiger partial charge in [0.15, 0.2) is 5.13 Å². The monoisotopic (exact) mass is 307 g/mol. The van der Waals surface area contributed by atoms with Crippen molar-refractivity contribution in [3.05, 3.63) is 11.1 Å². The van der Waals surface area contributed by atoms with Crippen molar-refractivity contribution in [3.63, 3.8) is 0 Å². The Morgan fingerprint density at radius 1 is 1.19 bits per heavy atom. The molecule has 21 heavy (non-hydrogen) atoms. The first-order valence-corrected chi connectivity index (χ1v) is 8.63. The SMILES string of the molecule is O=C(Cc1csc(NC(=O)C2CC2)n1)NC1CCCCC1. The number of nitrogens with one attached hydrogen (secondary N) is 2. The number of rotatable bonds is 5. The average molecular weight is 307 g/mol. The van der Waals surface area contributed by atoms with Crippen molar-refractivity contribution in [2.45, 2.75) is 57.4 Å². The molecule has 2 N–H and O–H groups in total. The highest BCUT2D eigenvalue weighted by molar-refractivity contribution is 7.13. The van der Waals surface area contributed by atoms with Crippen LogP contribution in [0.3, 0.4) is 0 Å². The minimum absolute atomic E-state index is 0.0345. The number of amides is 2. The molecule has 1 aromatic rings. The summed E-state index contributed by atoms with van der Waals surface area (Å²) in [7, 11) is 0. The van der Waals surface area contributed by atoms with Crippen LogP contribution in [0.25, 0.3) is 0 Å². The lowest BCUT2D eigenvalue weighted by atomic mass is 9.95. The maximum atomic E-state index is 12.0. The van der Waals surface area contributed by atoms with Gasteiger partial charge in [-0.1, -0.05) is 19.3 Å². The Kier molecular flexibility index (Phi) is 4.53. The van der Waals surface area contributed by atoms with Crippen molar-refractivity contribution in [3.8, 4) is 0 Å². The standard InChI is InChI=1S/C15H21N3O2S/c19-13(16-11-4-2-1-3-5-11)8-12-9-21-15(17-12)18-14(20)10-6-7-10/h9-11H,1-8H2,(H,16,19)(H,17,18,20). The first kappa shape index (κ1) is 14.5. The van der Waals surface area contributed by atoms with Crippen molar-refractivity contribution in [2.24, 2.45) is 5.92 Å². The van der Waals surface area contributed by atoms with Crippen LogP contribution in [0.5, 0.6) is 0 Å². The molecule has 0 radical (unpaired) electrons. The molecular weight excluding hydrogens is 286 g/mol. The largest absolute Gasteiger partial charge is 0.353 e.